The third kappa shape index (κ3) is 3.27. The predicted octanol–water partition coefficient (Wildman–Crippen LogP) is 1.89. The number of carbonyl (C=O) groups is 2. The van der Waals surface area contributed by atoms with E-state index in [9.17, 15) is 14.7 Å². The maximum absolute atomic E-state index is 11.7. The second-order valence-electron chi connectivity index (χ2n) is 4.39. The number of carbonyl (C=O) groups excluding carboxylic acids is 1. The normalized spacial score (nSPS) is 13.1. The van der Waals surface area contributed by atoms with Crippen LogP contribution in [-0.2, 0) is 26.7 Å². The Morgan fingerprint density at radius 1 is 1.10 bits per heavy atom. The molecule has 2 N–H and O–H groups in total. The van der Waals surface area contributed by atoms with E-state index >= 15 is 0 Å². The van der Waals surface area contributed by atoms with Gasteiger partial charge in [0.2, 0.25) is 6.41 Å². The van der Waals surface area contributed by atoms with Gasteiger partial charge < -0.3 is 15.2 Å². The molecule has 5 nitrogen and oxygen atoms in total. The Morgan fingerprint density at radius 3 is 2.19 bits per heavy atom. The first-order valence-corrected chi connectivity index (χ1v) is 6.37. The van der Waals surface area contributed by atoms with Gasteiger partial charge in [0.15, 0.2) is 0 Å². The zero-order valence-electron chi connectivity index (χ0n) is 11.2. The molecule has 0 saturated heterocycles. The quantitative estimate of drug-likeness (QED) is 0.601. The van der Waals surface area contributed by atoms with E-state index in [1.807, 2.05) is 30.3 Å². The first-order valence-electron chi connectivity index (χ1n) is 6.37. The summed E-state index contributed by atoms with van der Waals surface area (Å²) in [6.45, 7) is 0.0584. The van der Waals surface area contributed by atoms with Crippen molar-refractivity contribution in [3.05, 3.63) is 71.8 Å². The molecule has 21 heavy (non-hydrogen) atoms. The molecule has 2 aromatic carbocycles. The van der Waals surface area contributed by atoms with Crippen LogP contribution in [0.2, 0.25) is 0 Å². The molecule has 0 aliphatic heterocycles. The first-order chi connectivity index (χ1) is 10.2. The number of rotatable bonds is 7. The van der Waals surface area contributed by atoms with Crippen LogP contribution >= 0.6 is 0 Å². The fourth-order valence-electron chi connectivity index (χ4n) is 1.98. The Hall–Kier alpha value is -2.66. The molecule has 0 heterocycles. The second kappa shape index (κ2) is 6.67. The van der Waals surface area contributed by atoms with Crippen LogP contribution in [0.5, 0.6) is 0 Å². The molecular formula is C16H15NO4. The minimum absolute atomic E-state index is 0.0584. The van der Waals surface area contributed by atoms with E-state index in [0.717, 1.165) is 5.56 Å². The van der Waals surface area contributed by atoms with Gasteiger partial charge in [0.1, 0.15) is 0 Å². The van der Waals surface area contributed by atoms with Crippen molar-refractivity contribution in [2.75, 3.05) is 0 Å². The third-order valence-corrected chi connectivity index (χ3v) is 3.04. The zero-order chi connectivity index (χ0) is 15.1. The summed E-state index contributed by atoms with van der Waals surface area (Å²) < 4.78 is 5.56. The molecule has 2 rings (SSSR count). The Bertz CT molecular complexity index is 600. The monoisotopic (exact) mass is 285 g/mol. The average molecular weight is 285 g/mol. The molecule has 0 aliphatic rings. The minimum Gasteiger partial charge on any atom is -0.477 e. The molecule has 0 fully saturated rings. The van der Waals surface area contributed by atoms with E-state index in [4.69, 9.17) is 4.74 Å². The van der Waals surface area contributed by atoms with E-state index in [0.29, 0.717) is 12.0 Å². The number of ether oxygens (including phenoxy) is 1. The smallest absolute Gasteiger partial charge is 0.362 e. The number of benzene rings is 2. The van der Waals surface area contributed by atoms with Crippen molar-refractivity contribution in [1.29, 1.82) is 0 Å². The Balaban J connectivity index is 2.31. The van der Waals surface area contributed by atoms with Gasteiger partial charge in [-0.15, -0.1) is 0 Å². The average Bonchev–Trinajstić information content (AvgIpc) is 2.53. The van der Waals surface area contributed by atoms with Crippen molar-refractivity contribution in [3.63, 3.8) is 0 Å². The van der Waals surface area contributed by atoms with Crippen LogP contribution in [-0.4, -0.2) is 17.5 Å². The first kappa shape index (κ1) is 14.7. The predicted molar refractivity (Wildman–Crippen MR) is 76.2 cm³/mol. The van der Waals surface area contributed by atoms with Crippen LogP contribution in [0.25, 0.3) is 0 Å². The molecule has 108 valence electrons. The van der Waals surface area contributed by atoms with E-state index in [2.05, 4.69) is 5.32 Å². The van der Waals surface area contributed by atoms with Crippen molar-refractivity contribution < 1.29 is 19.4 Å². The summed E-state index contributed by atoms with van der Waals surface area (Å²) in [7, 11) is 0. The van der Waals surface area contributed by atoms with Crippen molar-refractivity contribution in [2.45, 2.75) is 12.3 Å². The van der Waals surface area contributed by atoms with Gasteiger partial charge >= 0.3 is 5.97 Å². The topological polar surface area (TPSA) is 75.6 Å². The van der Waals surface area contributed by atoms with Crippen LogP contribution in [0.3, 0.4) is 0 Å². The van der Waals surface area contributed by atoms with Gasteiger partial charge in [-0.3, -0.25) is 4.79 Å². The highest BCUT2D eigenvalue weighted by Crippen LogP contribution is 2.24. The van der Waals surface area contributed by atoms with Gasteiger partial charge in [0.25, 0.3) is 5.72 Å². The second-order valence-corrected chi connectivity index (χ2v) is 4.39. The minimum atomic E-state index is -1.90. The van der Waals surface area contributed by atoms with E-state index in [-0.39, 0.29) is 6.61 Å². The highest BCUT2D eigenvalue weighted by atomic mass is 16.5. The van der Waals surface area contributed by atoms with Crippen molar-refractivity contribution in [2.24, 2.45) is 0 Å². The van der Waals surface area contributed by atoms with E-state index in [1.54, 1.807) is 30.3 Å². The molecule has 0 saturated carbocycles. The Morgan fingerprint density at radius 2 is 1.67 bits per heavy atom. The summed E-state index contributed by atoms with van der Waals surface area (Å²) >= 11 is 0. The third-order valence-electron chi connectivity index (χ3n) is 3.04. The van der Waals surface area contributed by atoms with Crippen LogP contribution in [0, 0.1) is 0 Å². The fourth-order valence-corrected chi connectivity index (χ4v) is 1.98. The maximum atomic E-state index is 11.7. The molecule has 0 aromatic heterocycles. The lowest BCUT2D eigenvalue weighted by atomic mass is 10.0. The van der Waals surface area contributed by atoms with Crippen LogP contribution < -0.4 is 5.32 Å². The standard InChI is InChI=1S/C16H15NO4/c18-12-17-16(15(19)20,14-9-5-2-6-10-14)21-11-13-7-3-1-4-8-13/h1-10,12H,11H2,(H,17,18)(H,19,20). The van der Waals surface area contributed by atoms with Crippen LogP contribution in [0.4, 0.5) is 0 Å². The van der Waals surface area contributed by atoms with Gasteiger partial charge in [-0.2, -0.15) is 0 Å². The maximum Gasteiger partial charge on any atom is 0.362 e. The van der Waals surface area contributed by atoms with Gasteiger partial charge in [-0.1, -0.05) is 60.7 Å². The highest BCUT2D eigenvalue weighted by Gasteiger charge is 2.41. The molecule has 0 aliphatic carbocycles. The molecule has 0 bridgehead atoms. The summed E-state index contributed by atoms with van der Waals surface area (Å²) in [5.41, 5.74) is -0.744. The van der Waals surface area contributed by atoms with Crippen molar-refractivity contribution in [1.82, 2.24) is 5.32 Å². The molecule has 1 amide bonds. The SMILES string of the molecule is O=CNC(OCc1ccccc1)(C(=O)O)c1ccccc1. The lowest BCUT2D eigenvalue weighted by Gasteiger charge is -2.29. The van der Waals surface area contributed by atoms with E-state index in [1.165, 1.54) is 0 Å². The summed E-state index contributed by atoms with van der Waals surface area (Å²) in [6, 6.07) is 17.5. The van der Waals surface area contributed by atoms with Gasteiger partial charge in [-0.25, -0.2) is 4.79 Å². The summed E-state index contributed by atoms with van der Waals surface area (Å²) in [4.78, 5) is 22.5. The van der Waals surface area contributed by atoms with Crippen LogP contribution in [0.1, 0.15) is 11.1 Å². The fraction of sp³-hybridized carbons (Fsp3) is 0.125. The number of carboxylic acid groups (broad SMARTS) is 1. The number of hydrogen-bond acceptors (Lipinski definition) is 3. The molecule has 1 atom stereocenters. The molecule has 5 heteroatoms. The van der Waals surface area contributed by atoms with Crippen LogP contribution in [0.15, 0.2) is 60.7 Å². The van der Waals surface area contributed by atoms with Gasteiger partial charge in [-0.05, 0) is 5.56 Å². The number of aliphatic carboxylic acids is 1. The highest BCUT2D eigenvalue weighted by molar-refractivity contribution is 5.81. The molecule has 0 radical (unpaired) electrons. The van der Waals surface area contributed by atoms with Crippen molar-refractivity contribution >= 4 is 12.4 Å². The number of carboxylic acids is 1. The molecule has 1 unspecified atom stereocenters. The zero-order valence-corrected chi connectivity index (χ0v) is 11.2. The largest absolute Gasteiger partial charge is 0.477 e. The van der Waals surface area contributed by atoms with Gasteiger partial charge in [0.05, 0.1) is 6.61 Å². The number of amides is 1. The Labute approximate surface area is 122 Å². The number of hydrogen-bond donors (Lipinski definition) is 2. The molecule has 2 aromatic rings. The summed E-state index contributed by atoms with van der Waals surface area (Å²) in [5, 5.41) is 11.8. The van der Waals surface area contributed by atoms with Crippen molar-refractivity contribution in [3.8, 4) is 0 Å². The summed E-state index contributed by atoms with van der Waals surface area (Å²) in [5.74, 6) is -1.28. The molecule has 0 spiro atoms. The number of nitrogens with one attached hydrogen (secondary N) is 1. The molecular weight excluding hydrogens is 270 g/mol. The lowest BCUT2D eigenvalue weighted by Crippen LogP contribution is -2.50. The summed E-state index contributed by atoms with van der Waals surface area (Å²) in [6.07, 6.45) is 0.326. The van der Waals surface area contributed by atoms with Gasteiger partial charge in [0, 0.05) is 5.56 Å². The lowest BCUT2D eigenvalue weighted by molar-refractivity contribution is -0.177. The Kier molecular flexibility index (Phi) is 4.68. The van der Waals surface area contributed by atoms with E-state index < -0.39 is 11.7 Å².